The van der Waals surface area contributed by atoms with Crippen molar-refractivity contribution in [1.82, 2.24) is 14.9 Å². The Kier molecular flexibility index (Phi) is 7.54. The van der Waals surface area contributed by atoms with Crippen LogP contribution in [0.3, 0.4) is 0 Å². The van der Waals surface area contributed by atoms with Crippen LogP contribution in [0, 0.1) is 0 Å². The van der Waals surface area contributed by atoms with Gasteiger partial charge in [-0.15, -0.1) is 13.2 Å². The topological polar surface area (TPSA) is 76.6 Å². The Morgan fingerprint density at radius 2 is 1.85 bits per heavy atom. The molecule has 1 amide bonds. The van der Waals surface area contributed by atoms with Crippen LogP contribution in [0.1, 0.15) is 12.7 Å². The largest absolute Gasteiger partial charge is 0.573 e. The molecule has 0 saturated carbocycles. The highest BCUT2D eigenvalue weighted by Gasteiger charge is 2.31. The molecule has 1 atom stereocenters. The smallest absolute Gasteiger partial charge is 0.406 e. The Morgan fingerprint density at radius 3 is 2.56 bits per heavy atom. The predicted octanol–water partition coefficient (Wildman–Crippen LogP) is 4.48. The van der Waals surface area contributed by atoms with E-state index < -0.39 is 11.6 Å². The number of fused-ring (bicyclic) bond motifs is 1. The Balaban J connectivity index is 1.45. The number of amides is 1. The summed E-state index contributed by atoms with van der Waals surface area (Å²) >= 11 is 1.31. The van der Waals surface area contributed by atoms with E-state index in [0.717, 1.165) is 36.1 Å². The van der Waals surface area contributed by atoms with Crippen molar-refractivity contribution in [2.45, 2.75) is 30.1 Å². The van der Waals surface area contributed by atoms with Crippen molar-refractivity contribution in [3.63, 3.8) is 0 Å². The monoisotopic (exact) mass is 492 g/mol. The molecule has 0 bridgehead atoms. The molecule has 1 fully saturated rings. The number of benzene rings is 2. The minimum atomic E-state index is -4.77. The third kappa shape index (κ3) is 6.58. The van der Waals surface area contributed by atoms with Crippen molar-refractivity contribution in [3.8, 4) is 5.75 Å². The third-order valence-corrected chi connectivity index (χ3v) is 6.20. The molecule has 0 radical (unpaired) electrons. The lowest BCUT2D eigenvalue weighted by Gasteiger charge is -2.26. The van der Waals surface area contributed by atoms with E-state index in [-0.39, 0.29) is 11.7 Å². The zero-order valence-corrected chi connectivity index (χ0v) is 19.2. The minimum absolute atomic E-state index is 0.299. The van der Waals surface area contributed by atoms with Crippen LogP contribution in [0.2, 0.25) is 0 Å². The van der Waals surface area contributed by atoms with Crippen molar-refractivity contribution in [1.29, 1.82) is 0 Å². The molecule has 1 N–H and O–H groups in total. The number of hydrogen-bond acceptors (Lipinski definition) is 7. The number of nitrogens with zero attached hydrogens (tertiary/aromatic N) is 3. The van der Waals surface area contributed by atoms with Crippen molar-refractivity contribution in [2.75, 3.05) is 31.6 Å². The zero-order valence-electron chi connectivity index (χ0n) is 18.3. The predicted molar refractivity (Wildman–Crippen MR) is 123 cm³/mol. The summed E-state index contributed by atoms with van der Waals surface area (Å²) in [5.41, 5.74) is 1.17. The summed E-state index contributed by atoms with van der Waals surface area (Å²) in [5, 5.41) is 3.76. The van der Waals surface area contributed by atoms with Gasteiger partial charge in [-0.25, -0.2) is 9.97 Å². The molecule has 0 aliphatic carbocycles. The maximum absolute atomic E-state index is 12.8. The summed E-state index contributed by atoms with van der Waals surface area (Å²) in [6.45, 7) is 5.31. The highest BCUT2D eigenvalue weighted by molar-refractivity contribution is 8.00. The van der Waals surface area contributed by atoms with E-state index >= 15 is 0 Å². The summed E-state index contributed by atoms with van der Waals surface area (Å²) < 4.78 is 46.2. The summed E-state index contributed by atoms with van der Waals surface area (Å²) in [5.74, 6) is 0.0241. The first-order valence-electron chi connectivity index (χ1n) is 10.7. The first kappa shape index (κ1) is 24.2. The first-order chi connectivity index (χ1) is 16.3. The normalized spacial score (nSPS) is 15.8. The first-order valence-corrected chi connectivity index (χ1v) is 11.5. The standard InChI is InChI=1S/C23H23F3N4O3S/c1-15(21(31)27-16-6-8-17(9-7-16)33-23(24,25)26)34-22-18-4-2-3-5-19(18)28-20(29-22)14-30-10-12-32-13-11-30/h2-9,15H,10-14H2,1H3,(H,27,31). The van der Waals surface area contributed by atoms with Gasteiger partial charge in [0.1, 0.15) is 16.6 Å². The number of carbonyl (C=O) groups is 1. The van der Waals surface area contributed by atoms with Crippen LogP contribution in [-0.4, -0.2) is 58.7 Å². The maximum Gasteiger partial charge on any atom is 0.573 e. The molecule has 3 aromatic rings. The van der Waals surface area contributed by atoms with Crippen molar-refractivity contribution in [2.24, 2.45) is 0 Å². The zero-order chi connectivity index (χ0) is 24.1. The second kappa shape index (κ2) is 10.6. The van der Waals surface area contributed by atoms with Crippen molar-refractivity contribution in [3.05, 3.63) is 54.4 Å². The SMILES string of the molecule is CC(Sc1nc(CN2CCOCC2)nc2ccccc12)C(=O)Nc1ccc(OC(F)(F)F)cc1. The number of thioether (sulfide) groups is 1. The highest BCUT2D eigenvalue weighted by atomic mass is 32.2. The molecular formula is C23H23F3N4O3S. The lowest BCUT2D eigenvalue weighted by atomic mass is 10.2. The van der Waals surface area contributed by atoms with Crippen molar-refractivity contribution < 1.29 is 27.4 Å². The fraction of sp³-hybridized carbons (Fsp3) is 0.348. The van der Waals surface area contributed by atoms with E-state index in [2.05, 4.69) is 19.9 Å². The van der Waals surface area contributed by atoms with Gasteiger partial charge >= 0.3 is 6.36 Å². The van der Waals surface area contributed by atoms with E-state index in [0.29, 0.717) is 36.3 Å². The lowest BCUT2D eigenvalue weighted by molar-refractivity contribution is -0.274. The summed E-state index contributed by atoms with van der Waals surface area (Å²) in [4.78, 5) is 24.4. The second-order valence-corrected chi connectivity index (χ2v) is 9.00. The molecule has 2 heterocycles. The number of alkyl halides is 3. The van der Waals surface area contributed by atoms with Gasteiger partial charge in [-0.3, -0.25) is 9.69 Å². The molecule has 1 saturated heterocycles. The lowest BCUT2D eigenvalue weighted by Crippen LogP contribution is -2.36. The van der Waals surface area contributed by atoms with Crippen LogP contribution in [0.15, 0.2) is 53.6 Å². The average molecular weight is 493 g/mol. The van der Waals surface area contributed by atoms with Crippen LogP contribution < -0.4 is 10.1 Å². The Bertz CT molecular complexity index is 1140. The number of hydrogen-bond donors (Lipinski definition) is 1. The number of para-hydroxylation sites is 1. The third-order valence-electron chi connectivity index (χ3n) is 5.10. The number of nitrogens with one attached hydrogen (secondary N) is 1. The molecule has 2 aromatic carbocycles. The molecule has 1 aliphatic heterocycles. The van der Waals surface area contributed by atoms with Gasteiger partial charge in [0.05, 0.1) is 30.5 Å². The van der Waals surface area contributed by atoms with Crippen LogP contribution in [0.5, 0.6) is 5.75 Å². The fourth-order valence-corrected chi connectivity index (χ4v) is 4.38. The summed E-state index contributed by atoms with van der Waals surface area (Å²) in [7, 11) is 0. The number of aromatic nitrogens is 2. The molecule has 11 heteroatoms. The average Bonchev–Trinajstić information content (AvgIpc) is 2.80. The molecule has 180 valence electrons. The van der Waals surface area contributed by atoms with Gasteiger partial charge in [-0.05, 0) is 37.3 Å². The summed E-state index contributed by atoms with van der Waals surface area (Å²) in [6, 6.07) is 12.7. The van der Waals surface area contributed by atoms with Gasteiger partial charge in [0.25, 0.3) is 0 Å². The van der Waals surface area contributed by atoms with E-state index in [1.54, 1.807) is 6.92 Å². The highest BCUT2D eigenvalue weighted by Crippen LogP contribution is 2.30. The molecule has 0 spiro atoms. The van der Waals surface area contributed by atoms with Gasteiger partial charge in [-0.2, -0.15) is 0 Å². The quantitative estimate of drug-likeness (QED) is 0.385. The van der Waals surface area contributed by atoms with Crippen LogP contribution in [0.4, 0.5) is 18.9 Å². The number of ether oxygens (including phenoxy) is 2. The van der Waals surface area contributed by atoms with Crippen LogP contribution in [0.25, 0.3) is 10.9 Å². The molecule has 1 aliphatic rings. The van der Waals surface area contributed by atoms with Gasteiger partial charge in [-0.1, -0.05) is 30.0 Å². The summed E-state index contributed by atoms with van der Waals surface area (Å²) in [6.07, 6.45) is -4.77. The number of rotatable bonds is 7. The van der Waals surface area contributed by atoms with Crippen LogP contribution >= 0.6 is 11.8 Å². The Hall–Kier alpha value is -2.89. The molecule has 1 aromatic heterocycles. The van der Waals surface area contributed by atoms with Crippen LogP contribution in [-0.2, 0) is 16.1 Å². The van der Waals surface area contributed by atoms with E-state index in [1.807, 2.05) is 24.3 Å². The molecule has 4 rings (SSSR count). The van der Waals surface area contributed by atoms with E-state index in [4.69, 9.17) is 9.72 Å². The molecule has 7 nitrogen and oxygen atoms in total. The van der Waals surface area contributed by atoms with Gasteiger partial charge in [0, 0.05) is 24.2 Å². The Labute approximate surface area is 198 Å². The fourth-order valence-electron chi connectivity index (χ4n) is 3.42. The van der Waals surface area contributed by atoms with E-state index in [9.17, 15) is 18.0 Å². The van der Waals surface area contributed by atoms with Crippen molar-refractivity contribution >= 4 is 34.3 Å². The molecular weight excluding hydrogens is 469 g/mol. The molecule has 34 heavy (non-hydrogen) atoms. The minimum Gasteiger partial charge on any atom is -0.406 e. The molecule has 1 unspecified atom stereocenters. The van der Waals surface area contributed by atoms with E-state index in [1.165, 1.54) is 23.9 Å². The number of halogens is 3. The van der Waals surface area contributed by atoms with Gasteiger partial charge in [0.2, 0.25) is 5.91 Å². The van der Waals surface area contributed by atoms with Gasteiger partial charge < -0.3 is 14.8 Å². The second-order valence-electron chi connectivity index (χ2n) is 7.67. The Morgan fingerprint density at radius 1 is 1.15 bits per heavy atom. The number of carbonyl (C=O) groups excluding carboxylic acids is 1. The van der Waals surface area contributed by atoms with Gasteiger partial charge in [0.15, 0.2) is 0 Å². The maximum atomic E-state index is 12.8. The number of anilines is 1. The number of morpholine rings is 1.